The lowest BCUT2D eigenvalue weighted by molar-refractivity contribution is -0.111. The van der Waals surface area contributed by atoms with E-state index in [4.69, 9.17) is 4.74 Å². The van der Waals surface area contributed by atoms with E-state index in [0.717, 1.165) is 6.29 Å². The summed E-state index contributed by atoms with van der Waals surface area (Å²) in [6.45, 7) is 0. The monoisotopic (exact) mass is 352 g/mol. The van der Waals surface area contributed by atoms with E-state index >= 15 is 0 Å². The lowest BCUT2D eigenvalue weighted by Crippen LogP contribution is -2.25. The lowest BCUT2D eigenvalue weighted by atomic mass is 9.76. The Labute approximate surface area is 149 Å². The maximum Gasteiger partial charge on any atom is 0.202 e. The van der Waals surface area contributed by atoms with Crippen molar-refractivity contribution in [3.8, 4) is 17.2 Å². The van der Waals surface area contributed by atoms with Gasteiger partial charge in [0.25, 0.3) is 0 Å². The van der Waals surface area contributed by atoms with E-state index in [1.807, 2.05) is 0 Å². The Hall–Kier alpha value is -3.15. The van der Waals surface area contributed by atoms with Crippen LogP contribution in [0.15, 0.2) is 18.2 Å². The van der Waals surface area contributed by atoms with Crippen LogP contribution in [-0.4, -0.2) is 35.2 Å². The molecule has 2 N–H and O–H groups in total. The molecule has 2 aliphatic rings. The minimum Gasteiger partial charge on any atom is -0.507 e. The molecular formula is C20H16O6. The van der Waals surface area contributed by atoms with Gasteiger partial charge in [-0.3, -0.25) is 9.59 Å². The van der Waals surface area contributed by atoms with E-state index in [-0.39, 0.29) is 51.8 Å². The first-order chi connectivity index (χ1) is 12.5. The van der Waals surface area contributed by atoms with Crippen LogP contribution in [0.25, 0.3) is 0 Å². The lowest BCUT2D eigenvalue weighted by Gasteiger charge is -2.28. The fourth-order valence-corrected chi connectivity index (χ4v) is 3.95. The van der Waals surface area contributed by atoms with E-state index in [2.05, 4.69) is 0 Å². The average molecular weight is 352 g/mol. The molecule has 2 aromatic rings. The van der Waals surface area contributed by atoms with Crippen molar-refractivity contribution in [2.45, 2.75) is 19.3 Å². The second-order valence-corrected chi connectivity index (χ2v) is 6.58. The minimum absolute atomic E-state index is 0.0868. The van der Waals surface area contributed by atoms with Gasteiger partial charge in [0.15, 0.2) is 5.78 Å². The second kappa shape index (κ2) is 5.69. The number of methoxy groups -OCH3 is 1. The Morgan fingerprint density at radius 2 is 1.73 bits per heavy atom. The zero-order valence-corrected chi connectivity index (χ0v) is 14.0. The Morgan fingerprint density at radius 3 is 2.42 bits per heavy atom. The third-order valence-electron chi connectivity index (χ3n) is 5.26. The number of carbonyl (C=O) groups excluding carboxylic acids is 3. The van der Waals surface area contributed by atoms with Gasteiger partial charge < -0.3 is 19.7 Å². The van der Waals surface area contributed by atoms with Gasteiger partial charge in [-0.2, -0.15) is 0 Å². The van der Waals surface area contributed by atoms with Crippen LogP contribution in [0.1, 0.15) is 49.4 Å². The molecule has 0 spiro atoms. The fraction of sp³-hybridized carbons (Fsp3) is 0.250. The number of carbonyl (C=O) groups is 3. The summed E-state index contributed by atoms with van der Waals surface area (Å²) in [5.41, 5.74) is 0.630. The van der Waals surface area contributed by atoms with Gasteiger partial charge in [0, 0.05) is 22.6 Å². The highest BCUT2D eigenvalue weighted by Gasteiger charge is 2.40. The largest absolute Gasteiger partial charge is 0.507 e. The van der Waals surface area contributed by atoms with E-state index in [9.17, 15) is 24.6 Å². The SMILES string of the molecule is COc1cccc2c1C(=O)c1c(O)c3c(c(O)c1C2=O)C[C@@H](C=O)CC3. The summed E-state index contributed by atoms with van der Waals surface area (Å²) in [7, 11) is 1.40. The molecule has 0 unspecified atom stereocenters. The molecule has 2 aromatic carbocycles. The number of aldehydes is 1. The quantitative estimate of drug-likeness (QED) is 0.542. The number of rotatable bonds is 2. The normalized spacial score (nSPS) is 18.0. The highest BCUT2D eigenvalue weighted by atomic mass is 16.5. The Bertz CT molecular complexity index is 989. The van der Waals surface area contributed by atoms with Gasteiger partial charge in [-0.05, 0) is 25.3 Å². The molecule has 1 atom stereocenters. The van der Waals surface area contributed by atoms with Crippen molar-refractivity contribution in [3.63, 3.8) is 0 Å². The van der Waals surface area contributed by atoms with Gasteiger partial charge >= 0.3 is 0 Å². The molecule has 4 rings (SSSR count). The molecule has 0 fully saturated rings. The van der Waals surface area contributed by atoms with Gasteiger partial charge in [0.05, 0.1) is 23.8 Å². The molecule has 0 aliphatic heterocycles. The third-order valence-corrected chi connectivity index (χ3v) is 5.26. The van der Waals surface area contributed by atoms with Crippen molar-refractivity contribution in [1.29, 1.82) is 0 Å². The topological polar surface area (TPSA) is 101 Å². The molecule has 0 saturated heterocycles. The smallest absolute Gasteiger partial charge is 0.202 e. The summed E-state index contributed by atoms with van der Waals surface area (Å²) >= 11 is 0. The summed E-state index contributed by atoms with van der Waals surface area (Å²) in [6.07, 6.45) is 1.92. The standard InChI is InChI=1S/C20H16O6/c1-26-13-4-2-3-11-14(13)20(25)16-15(18(11)23)19(24)12-7-9(8-21)5-6-10(12)17(16)22/h2-4,8-9,22,24H,5-7H2,1H3/t9-/m0/s1. The molecule has 6 heteroatoms. The highest BCUT2D eigenvalue weighted by molar-refractivity contribution is 6.31. The molecule has 26 heavy (non-hydrogen) atoms. The molecular weight excluding hydrogens is 336 g/mol. The second-order valence-electron chi connectivity index (χ2n) is 6.58. The Balaban J connectivity index is 2.02. The molecule has 2 aliphatic carbocycles. The molecule has 132 valence electrons. The summed E-state index contributed by atoms with van der Waals surface area (Å²) in [5.74, 6) is -1.74. The fourth-order valence-electron chi connectivity index (χ4n) is 3.95. The van der Waals surface area contributed by atoms with Gasteiger partial charge in [-0.15, -0.1) is 0 Å². The molecule has 0 aromatic heterocycles. The van der Waals surface area contributed by atoms with E-state index < -0.39 is 11.6 Å². The molecule has 6 nitrogen and oxygen atoms in total. The van der Waals surface area contributed by atoms with E-state index in [0.29, 0.717) is 24.0 Å². The predicted molar refractivity (Wildman–Crippen MR) is 91.2 cm³/mol. The third kappa shape index (κ3) is 2.02. The van der Waals surface area contributed by atoms with Crippen LogP contribution in [0.4, 0.5) is 0 Å². The zero-order valence-electron chi connectivity index (χ0n) is 14.0. The van der Waals surface area contributed by atoms with Gasteiger partial charge in [0.1, 0.15) is 23.5 Å². The van der Waals surface area contributed by atoms with Crippen LogP contribution in [0, 0.1) is 5.92 Å². The van der Waals surface area contributed by atoms with Crippen molar-refractivity contribution in [3.05, 3.63) is 51.6 Å². The number of benzene rings is 2. The predicted octanol–water partition coefficient (Wildman–Crippen LogP) is 2.19. The van der Waals surface area contributed by atoms with Crippen molar-refractivity contribution in [2.24, 2.45) is 5.92 Å². The number of phenolic OH excluding ortho intramolecular Hbond substituents is 2. The number of hydrogen-bond donors (Lipinski definition) is 2. The van der Waals surface area contributed by atoms with Gasteiger partial charge in [0.2, 0.25) is 5.78 Å². The van der Waals surface area contributed by atoms with Crippen LogP contribution in [0.5, 0.6) is 17.2 Å². The molecule has 0 saturated carbocycles. The average Bonchev–Trinajstić information content (AvgIpc) is 2.67. The summed E-state index contributed by atoms with van der Waals surface area (Å²) < 4.78 is 5.20. The van der Waals surface area contributed by atoms with Crippen molar-refractivity contribution >= 4 is 17.9 Å². The number of phenols is 2. The summed E-state index contributed by atoms with van der Waals surface area (Å²) in [4.78, 5) is 37.2. The number of ketones is 2. The maximum absolute atomic E-state index is 13.1. The number of aromatic hydroxyl groups is 2. The van der Waals surface area contributed by atoms with E-state index in [1.165, 1.54) is 13.2 Å². The number of hydrogen-bond acceptors (Lipinski definition) is 6. The summed E-state index contributed by atoms with van der Waals surface area (Å²) in [5, 5.41) is 21.5. The minimum atomic E-state index is -0.555. The van der Waals surface area contributed by atoms with E-state index in [1.54, 1.807) is 12.1 Å². The van der Waals surface area contributed by atoms with Crippen molar-refractivity contribution in [2.75, 3.05) is 7.11 Å². The molecule has 0 bridgehead atoms. The Morgan fingerprint density at radius 1 is 1.04 bits per heavy atom. The van der Waals surface area contributed by atoms with Gasteiger partial charge in [-0.1, -0.05) is 12.1 Å². The van der Waals surface area contributed by atoms with Crippen LogP contribution < -0.4 is 4.74 Å². The highest BCUT2D eigenvalue weighted by Crippen LogP contribution is 2.47. The van der Waals surface area contributed by atoms with Gasteiger partial charge in [-0.25, -0.2) is 0 Å². The molecule has 0 amide bonds. The number of fused-ring (bicyclic) bond motifs is 3. The first-order valence-corrected chi connectivity index (χ1v) is 8.30. The molecule has 0 heterocycles. The van der Waals surface area contributed by atoms with Crippen LogP contribution in [0.3, 0.4) is 0 Å². The maximum atomic E-state index is 13.1. The first-order valence-electron chi connectivity index (χ1n) is 8.30. The molecule has 0 radical (unpaired) electrons. The van der Waals surface area contributed by atoms with Crippen molar-refractivity contribution in [1.82, 2.24) is 0 Å². The van der Waals surface area contributed by atoms with Crippen LogP contribution in [-0.2, 0) is 17.6 Å². The van der Waals surface area contributed by atoms with Crippen LogP contribution >= 0.6 is 0 Å². The van der Waals surface area contributed by atoms with Crippen molar-refractivity contribution < 1.29 is 29.3 Å². The Kier molecular flexibility index (Phi) is 3.57. The number of ether oxygens (including phenoxy) is 1. The first kappa shape index (κ1) is 16.3. The summed E-state index contributed by atoms with van der Waals surface area (Å²) in [6, 6.07) is 4.65. The van der Waals surface area contributed by atoms with Crippen LogP contribution in [0.2, 0.25) is 0 Å². The zero-order chi connectivity index (χ0) is 18.6.